The van der Waals surface area contributed by atoms with Crippen molar-refractivity contribution in [3.63, 3.8) is 0 Å². The van der Waals surface area contributed by atoms with E-state index in [1.807, 2.05) is 36.6 Å². The zero-order valence-electron chi connectivity index (χ0n) is 8.23. The lowest BCUT2D eigenvalue weighted by Gasteiger charge is -2.04. The van der Waals surface area contributed by atoms with Gasteiger partial charge in [-0.25, -0.2) is 5.10 Å². The van der Waals surface area contributed by atoms with Gasteiger partial charge in [-0.3, -0.25) is 4.79 Å². The Balaban J connectivity index is 2.58. The summed E-state index contributed by atoms with van der Waals surface area (Å²) in [6.07, 6.45) is 1.93. The second-order valence-electron chi connectivity index (χ2n) is 3.02. The number of aromatic nitrogens is 2. The molecule has 0 unspecified atom stereocenters. The molecule has 1 N–H and O–H groups in total. The molecule has 1 aromatic heterocycles. The molecule has 0 fully saturated rings. The van der Waals surface area contributed by atoms with Crippen LogP contribution in [0.15, 0.2) is 46.1 Å². The van der Waals surface area contributed by atoms with Crippen LogP contribution in [0.2, 0.25) is 0 Å². The van der Waals surface area contributed by atoms with E-state index < -0.39 is 0 Å². The lowest BCUT2D eigenvalue weighted by molar-refractivity contribution is 0.966. The van der Waals surface area contributed by atoms with E-state index in [2.05, 4.69) is 10.2 Å². The lowest BCUT2D eigenvalue weighted by Crippen LogP contribution is -2.07. The fraction of sp³-hybridized carbons (Fsp3) is 0.0909. The molecule has 15 heavy (non-hydrogen) atoms. The van der Waals surface area contributed by atoms with Crippen molar-refractivity contribution < 1.29 is 0 Å². The molecule has 0 aliphatic carbocycles. The van der Waals surface area contributed by atoms with Crippen LogP contribution in [0.3, 0.4) is 0 Å². The Bertz CT molecular complexity index is 507. The van der Waals surface area contributed by atoms with Crippen molar-refractivity contribution in [2.45, 2.75) is 4.90 Å². The molecule has 2 aromatic rings. The number of H-pyrrole nitrogens is 1. The number of rotatable bonds is 2. The standard InChI is InChI=1S/C11H10N2OS/c1-15-9-7-10(14)12-13-11(9)8-5-3-2-4-6-8/h2-7H,1H3,(H,12,14). The summed E-state index contributed by atoms with van der Waals surface area (Å²) in [5.74, 6) is 0. The Morgan fingerprint density at radius 2 is 2.00 bits per heavy atom. The Labute approximate surface area is 91.5 Å². The summed E-state index contributed by atoms with van der Waals surface area (Å²) in [6, 6.07) is 11.4. The monoisotopic (exact) mass is 218 g/mol. The van der Waals surface area contributed by atoms with Gasteiger partial charge in [-0.1, -0.05) is 30.3 Å². The molecule has 0 bridgehead atoms. The van der Waals surface area contributed by atoms with Crippen LogP contribution in [0, 0.1) is 0 Å². The SMILES string of the molecule is CSc1cc(=O)[nH]nc1-c1ccccc1. The highest BCUT2D eigenvalue weighted by Crippen LogP contribution is 2.25. The molecule has 3 nitrogen and oxygen atoms in total. The van der Waals surface area contributed by atoms with Crippen LogP contribution in [-0.4, -0.2) is 16.5 Å². The Morgan fingerprint density at radius 3 is 2.67 bits per heavy atom. The number of nitrogens with one attached hydrogen (secondary N) is 1. The second kappa shape index (κ2) is 4.31. The van der Waals surface area contributed by atoms with Crippen molar-refractivity contribution in [2.24, 2.45) is 0 Å². The minimum absolute atomic E-state index is 0.168. The summed E-state index contributed by atoms with van der Waals surface area (Å²) in [4.78, 5) is 12.0. The molecule has 0 spiro atoms. The topological polar surface area (TPSA) is 45.8 Å². The van der Waals surface area contributed by atoms with E-state index in [1.165, 1.54) is 11.8 Å². The smallest absolute Gasteiger partial charge is 0.265 e. The van der Waals surface area contributed by atoms with E-state index in [4.69, 9.17) is 0 Å². The van der Waals surface area contributed by atoms with E-state index >= 15 is 0 Å². The summed E-state index contributed by atoms with van der Waals surface area (Å²) in [5, 5.41) is 6.52. The number of thioether (sulfide) groups is 1. The first-order valence-corrected chi connectivity index (χ1v) is 5.73. The van der Waals surface area contributed by atoms with Gasteiger partial charge in [-0.2, -0.15) is 5.10 Å². The molecular weight excluding hydrogens is 208 g/mol. The molecule has 0 atom stereocenters. The van der Waals surface area contributed by atoms with Gasteiger partial charge in [0.2, 0.25) is 0 Å². The van der Waals surface area contributed by atoms with Gasteiger partial charge in [0.05, 0.1) is 0 Å². The van der Waals surface area contributed by atoms with Gasteiger partial charge < -0.3 is 0 Å². The molecule has 0 aliphatic rings. The average molecular weight is 218 g/mol. The molecular formula is C11H10N2OS. The Kier molecular flexibility index (Phi) is 2.87. The van der Waals surface area contributed by atoms with E-state index in [1.54, 1.807) is 6.07 Å². The van der Waals surface area contributed by atoms with Crippen LogP contribution in [0.25, 0.3) is 11.3 Å². The number of nitrogens with zero attached hydrogens (tertiary/aromatic N) is 1. The number of benzene rings is 1. The van der Waals surface area contributed by atoms with Crippen molar-refractivity contribution in [3.05, 3.63) is 46.8 Å². The maximum absolute atomic E-state index is 11.1. The van der Waals surface area contributed by atoms with Crippen molar-refractivity contribution in [2.75, 3.05) is 6.26 Å². The summed E-state index contributed by atoms with van der Waals surface area (Å²) < 4.78 is 0. The molecule has 0 aliphatic heterocycles. The number of aromatic amines is 1. The fourth-order valence-electron chi connectivity index (χ4n) is 1.34. The normalized spacial score (nSPS) is 10.2. The first kappa shape index (κ1) is 9.98. The van der Waals surface area contributed by atoms with Crippen molar-refractivity contribution in [1.82, 2.24) is 10.2 Å². The predicted molar refractivity (Wildman–Crippen MR) is 62.1 cm³/mol. The third-order valence-corrected chi connectivity index (χ3v) is 2.79. The Hall–Kier alpha value is -1.55. The predicted octanol–water partition coefficient (Wildman–Crippen LogP) is 2.16. The molecule has 4 heteroatoms. The van der Waals surface area contributed by atoms with Crippen LogP contribution in [0.4, 0.5) is 0 Å². The molecule has 1 aromatic carbocycles. The number of hydrogen-bond donors (Lipinski definition) is 1. The van der Waals surface area contributed by atoms with Crippen LogP contribution in [-0.2, 0) is 0 Å². The van der Waals surface area contributed by atoms with Crippen LogP contribution in [0.5, 0.6) is 0 Å². The molecule has 0 radical (unpaired) electrons. The summed E-state index contributed by atoms with van der Waals surface area (Å²) in [6.45, 7) is 0. The van der Waals surface area contributed by atoms with Crippen LogP contribution < -0.4 is 5.56 Å². The first-order valence-electron chi connectivity index (χ1n) is 4.50. The van der Waals surface area contributed by atoms with E-state index in [0.717, 1.165) is 16.2 Å². The van der Waals surface area contributed by atoms with Crippen molar-refractivity contribution in [1.29, 1.82) is 0 Å². The van der Waals surface area contributed by atoms with Gasteiger partial charge in [-0.05, 0) is 6.26 Å². The number of hydrogen-bond acceptors (Lipinski definition) is 3. The van der Waals surface area contributed by atoms with Gasteiger partial charge >= 0.3 is 0 Å². The van der Waals surface area contributed by atoms with Gasteiger partial charge in [0.1, 0.15) is 5.69 Å². The van der Waals surface area contributed by atoms with Gasteiger partial charge in [0.25, 0.3) is 5.56 Å². The largest absolute Gasteiger partial charge is 0.268 e. The lowest BCUT2D eigenvalue weighted by atomic mass is 10.1. The van der Waals surface area contributed by atoms with Gasteiger partial charge in [0, 0.05) is 16.5 Å². The highest BCUT2D eigenvalue weighted by atomic mass is 32.2. The minimum Gasteiger partial charge on any atom is -0.268 e. The minimum atomic E-state index is -0.168. The maximum Gasteiger partial charge on any atom is 0.265 e. The zero-order valence-corrected chi connectivity index (χ0v) is 9.04. The van der Waals surface area contributed by atoms with E-state index in [9.17, 15) is 4.79 Å². The average Bonchev–Trinajstić information content (AvgIpc) is 2.30. The maximum atomic E-state index is 11.1. The Morgan fingerprint density at radius 1 is 1.27 bits per heavy atom. The van der Waals surface area contributed by atoms with Gasteiger partial charge in [0.15, 0.2) is 0 Å². The first-order chi connectivity index (χ1) is 7.31. The molecule has 1 heterocycles. The fourth-order valence-corrected chi connectivity index (χ4v) is 1.93. The van der Waals surface area contributed by atoms with Crippen molar-refractivity contribution in [3.8, 4) is 11.3 Å². The van der Waals surface area contributed by atoms with Crippen LogP contribution in [0.1, 0.15) is 0 Å². The second-order valence-corrected chi connectivity index (χ2v) is 3.86. The van der Waals surface area contributed by atoms with Crippen molar-refractivity contribution >= 4 is 11.8 Å². The molecule has 76 valence electrons. The highest BCUT2D eigenvalue weighted by Gasteiger charge is 2.05. The summed E-state index contributed by atoms with van der Waals surface area (Å²) in [5.41, 5.74) is 1.67. The van der Waals surface area contributed by atoms with E-state index in [-0.39, 0.29) is 5.56 Å². The molecule has 2 rings (SSSR count). The molecule has 0 saturated carbocycles. The quantitative estimate of drug-likeness (QED) is 0.786. The summed E-state index contributed by atoms with van der Waals surface area (Å²) >= 11 is 1.52. The third kappa shape index (κ3) is 2.10. The zero-order chi connectivity index (χ0) is 10.7. The molecule has 0 saturated heterocycles. The molecule has 0 amide bonds. The van der Waals surface area contributed by atoms with Crippen LogP contribution >= 0.6 is 11.8 Å². The third-order valence-electron chi connectivity index (χ3n) is 2.04. The van der Waals surface area contributed by atoms with Gasteiger partial charge in [-0.15, -0.1) is 11.8 Å². The van der Waals surface area contributed by atoms with E-state index in [0.29, 0.717) is 0 Å². The highest BCUT2D eigenvalue weighted by molar-refractivity contribution is 7.98. The summed E-state index contributed by atoms with van der Waals surface area (Å²) in [7, 11) is 0.